The van der Waals surface area contributed by atoms with Crippen LogP contribution in [0.15, 0.2) is 36.5 Å². The van der Waals surface area contributed by atoms with E-state index in [1.807, 2.05) is 0 Å². The highest BCUT2D eigenvalue weighted by Gasteiger charge is 2.62. The highest BCUT2D eigenvalue weighted by molar-refractivity contribution is 6.16. The van der Waals surface area contributed by atoms with Gasteiger partial charge in [0.2, 0.25) is 5.60 Å². The van der Waals surface area contributed by atoms with Crippen LogP contribution in [0.3, 0.4) is 0 Å². The van der Waals surface area contributed by atoms with Crippen molar-refractivity contribution < 1.29 is 29.7 Å². The van der Waals surface area contributed by atoms with Gasteiger partial charge in [-0.2, -0.15) is 0 Å². The van der Waals surface area contributed by atoms with E-state index in [4.69, 9.17) is 0 Å². The second kappa shape index (κ2) is 49.1. The topological polar surface area (TPSA) is 112 Å². The first-order valence-corrected chi connectivity index (χ1v) is 29.4. The molecule has 0 rings (SSSR count). The van der Waals surface area contributed by atoms with Crippen molar-refractivity contribution in [2.24, 2.45) is 0 Å². The lowest BCUT2D eigenvalue weighted by molar-refractivity contribution is -0.194. The number of allylic oxidation sites excluding steroid dienone is 6. The van der Waals surface area contributed by atoms with Gasteiger partial charge in [0.25, 0.3) is 0 Å². The van der Waals surface area contributed by atoms with Crippen LogP contribution in [0.5, 0.6) is 0 Å². The third-order valence-corrected chi connectivity index (χ3v) is 14.1. The maximum absolute atomic E-state index is 13.8. The summed E-state index contributed by atoms with van der Waals surface area (Å²) in [6, 6.07) is 0. The highest BCUT2D eigenvalue weighted by Crippen LogP contribution is 2.32. The van der Waals surface area contributed by atoms with Crippen LogP contribution in [0.4, 0.5) is 0 Å². The SMILES string of the molecule is CCCCC/C=C\C/C=C\CCCCCCCC(=O)C(O)(C(=O)CCCCCCC/C=C\CCCCCCCC)C(O)(CO)C(=O)CCCCCCCCCCCCCCCCCCCCC. The third kappa shape index (κ3) is 35.8. The molecule has 0 spiro atoms. The van der Waals surface area contributed by atoms with Gasteiger partial charge in [0.05, 0.1) is 6.61 Å². The Hall–Kier alpha value is -1.89. The minimum Gasteiger partial charge on any atom is -0.393 e. The standard InChI is InChI=1S/C61H112O6/c1-4-7-10-13-16-19-22-25-28-29-30-31-34-35-38-41-44-47-50-53-57(63)60(66,56-62)61(67,58(64)54-51-48-45-42-39-36-32-26-23-20-17-14-11-8-5-2)59(65)55-52-49-46-43-40-37-33-27-24-21-18-15-12-9-6-3/h17,20,26-27,32-33,62,66-67H,4-16,18-19,21-25,28-31,34-56H2,1-3H3/b20-17-,32-26-,33-27-. The van der Waals surface area contributed by atoms with Crippen molar-refractivity contribution in [3.8, 4) is 0 Å². The molecule has 0 saturated heterocycles. The maximum Gasteiger partial charge on any atom is 0.219 e. The minimum atomic E-state index is -2.94. The number of aliphatic hydroxyl groups is 3. The van der Waals surface area contributed by atoms with Crippen LogP contribution in [0.25, 0.3) is 0 Å². The predicted molar refractivity (Wildman–Crippen MR) is 289 cm³/mol. The number of aliphatic hydroxyl groups excluding tert-OH is 1. The van der Waals surface area contributed by atoms with E-state index in [1.54, 1.807) is 0 Å². The summed E-state index contributed by atoms with van der Waals surface area (Å²) in [7, 11) is 0. The Balaban J connectivity index is 4.88. The molecule has 0 aromatic rings. The van der Waals surface area contributed by atoms with Crippen LogP contribution in [-0.2, 0) is 14.4 Å². The van der Waals surface area contributed by atoms with Crippen molar-refractivity contribution in [1.82, 2.24) is 0 Å². The van der Waals surface area contributed by atoms with E-state index in [1.165, 1.54) is 154 Å². The molecular weight excluding hydrogens is 829 g/mol. The summed E-state index contributed by atoms with van der Waals surface area (Å²) in [6.45, 7) is 5.59. The molecule has 0 aliphatic rings. The number of hydrogen-bond donors (Lipinski definition) is 3. The molecule has 0 radical (unpaired) electrons. The summed E-state index contributed by atoms with van der Waals surface area (Å²) in [5.74, 6) is -2.49. The molecule has 0 bridgehead atoms. The van der Waals surface area contributed by atoms with E-state index in [0.29, 0.717) is 19.3 Å². The quantitative estimate of drug-likeness (QED) is 0.0318. The normalized spacial score (nSPS) is 13.9. The van der Waals surface area contributed by atoms with Gasteiger partial charge in [-0.25, -0.2) is 0 Å². The smallest absolute Gasteiger partial charge is 0.219 e. The van der Waals surface area contributed by atoms with Crippen LogP contribution in [0.2, 0.25) is 0 Å². The van der Waals surface area contributed by atoms with Gasteiger partial charge in [0, 0.05) is 19.3 Å². The maximum atomic E-state index is 13.8. The fourth-order valence-electron chi connectivity index (χ4n) is 9.41. The van der Waals surface area contributed by atoms with Crippen LogP contribution >= 0.6 is 0 Å². The second-order valence-electron chi connectivity index (χ2n) is 20.4. The third-order valence-electron chi connectivity index (χ3n) is 14.1. The van der Waals surface area contributed by atoms with Crippen molar-refractivity contribution in [1.29, 1.82) is 0 Å². The Morgan fingerprint density at radius 3 is 0.836 bits per heavy atom. The van der Waals surface area contributed by atoms with E-state index in [9.17, 15) is 29.7 Å². The molecule has 0 aliphatic carbocycles. The van der Waals surface area contributed by atoms with Crippen molar-refractivity contribution in [3.63, 3.8) is 0 Å². The van der Waals surface area contributed by atoms with Gasteiger partial charge in [-0.05, 0) is 77.0 Å². The molecule has 392 valence electrons. The largest absolute Gasteiger partial charge is 0.393 e. The Kier molecular flexibility index (Phi) is 47.7. The zero-order valence-corrected chi connectivity index (χ0v) is 44.8. The molecular formula is C61H112O6. The average molecular weight is 942 g/mol. The lowest BCUT2D eigenvalue weighted by atomic mass is 9.71. The lowest BCUT2D eigenvalue weighted by Crippen LogP contribution is -2.69. The van der Waals surface area contributed by atoms with Crippen molar-refractivity contribution in [2.45, 2.75) is 327 Å². The molecule has 6 nitrogen and oxygen atoms in total. The number of Topliss-reactive ketones (excluding diaryl/α,β-unsaturated/α-hetero) is 3. The minimum absolute atomic E-state index is 0.0874. The zero-order valence-electron chi connectivity index (χ0n) is 44.8. The number of rotatable bonds is 54. The van der Waals surface area contributed by atoms with E-state index in [-0.39, 0.29) is 19.3 Å². The molecule has 6 heteroatoms. The number of ketones is 3. The molecule has 0 aromatic heterocycles. The molecule has 2 atom stereocenters. The Morgan fingerprint density at radius 2 is 0.537 bits per heavy atom. The lowest BCUT2D eigenvalue weighted by Gasteiger charge is -2.39. The number of carbonyl (C=O) groups is 3. The van der Waals surface area contributed by atoms with Crippen LogP contribution in [0, 0.1) is 0 Å². The van der Waals surface area contributed by atoms with Crippen LogP contribution in [-0.4, -0.2) is 50.5 Å². The van der Waals surface area contributed by atoms with Gasteiger partial charge in [-0.1, -0.05) is 256 Å². The Morgan fingerprint density at radius 1 is 0.313 bits per heavy atom. The highest BCUT2D eigenvalue weighted by atomic mass is 16.4. The summed E-state index contributed by atoms with van der Waals surface area (Å²) < 4.78 is 0. The number of unbranched alkanes of at least 4 members (excludes halogenated alkanes) is 37. The summed E-state index contributed by atoms with van der Waals surface area (Å²) in [6.07, 6.45) is 62.1. The van der Waals surface area contributed by atoms with Crippen molar-refractivity contribution >= 4 is 17.3 Å². The van der Waals surface area contributed by atoms with E-state index in [2.05, 4.69) is 57.2 Å². The van der Waals surface area contributed by atoms with Crippen molar-refractivity contribution in [3.05, 3.63) is 36.5 Å². The molecule has 0 heterocycles. The Bertz CT molecular complexity index is 1210. The van der Waals surface area contributed by atoms with Gasteiger partial charge in [-0.15, -0.1) is 0 Å². The molecule has 0 amide bonds. The van der Waals surface area contributed by atoms with E-state index < -0.39 is 35.2 Å². The van der Waals surface area contributed by atoms with Gasteiger partial charge in [0.15, 0.2) is 23.0 Å². The fraction of sp³-hybridized carbons (Fsp3) is 0.852. The van der Waals surface area contributed by atoms with E-state index in [0.717, 1.165) is 103 Å². The van der Waals surface area contributed by atoms with Gasteiger partial charge in [0.1, 0.15) is 0 Å². The summed E-state index contributed by atoms with van der Waals surface area (Å²) in [5, 5.41) is 34.2. The zero-order chi connectivity index (χ0) is 49.2. The van der Waals surface area contributed by atoms with Crippen LogP contribution in [0.1, 0.15) is 316 Å². The van der Waals surface area contributed by atoms with E-state index >= 15 is 0 Å². The molecule has 3 N–H and O–H groups in total. The monoisotopic (exact) mass is 941 g/mol. The van der Waals surface area contributed by atoms with Gasteiger partial charge in [-0.3, -0.25) is 14.4 Å². The summed E-state index contributed by atoms with van der Waals surface area (Å²) in [5.41, 5.74) is -5.78. The first-order valence-electron chi connectivity index (χ1n) is 29.4. The van der Waals surface area contributed by atoms with Crippen LogP contribution < -0.4 is 0 Å². The fourth-order valence-corrected chi connectivity index (χ4v) is 9.41. The predicted octanol–water partition coefficient (Wildman–Crippen LogP) is 17.8. The van der Waals surface area contributed by atoms with Gasteiger partial charge >= 0.3 is 0 Å². The first-order chi connectivity index (χ1) is 32.8. The number of carbonyl (C=O) groups excluding carboxylic acids is 3. The summed E-state index contributed by atoms with van der Waals surface area (Å²) in [4.78, 5) is 41.4. The molecule has 0 fully saturated rings. The molecule has 2 unspecified atom stereocenters. The molecule has 0 aliphatic heterocycles. The molecule has 0 aromatic carbocycles. The van der Waals surface area contributed by atoms with Gasteiger partial charge < -0.3 is 15.3 Å². The van der Waals surface area contributed by atoms with Crippen molar-refractivity contribution in [2.75, 3.05) is 6.61 Å². The first kappa shape index (κ1) is 65.1. The molecule has 67 heavy (non-hydrogen) atoms. The second-order valence-corrected chi connectivity index (χ2v) is 20.4. The molecule has 0 saturated carbocycles. The summed E-state index contributed by atoms with van der Waals surface area (Å²) >= 11 is 0. The Labute approximate surface area is 415 Å². The average Bonchev–Trinajstić information content (AvgIpc) is 3.33. The number of hydrogen-bond acceptors (Lipinski definition) is 6.